The summed E-state index contributed by atoms with van der Waals surface area (Å²) >= 11 is 0.988. The van der Waals surface area contributed by atoms with Crippen molar-refractivity contribution in [1.29, 1.82) is 0 Å². The standard InChI is InChI=1S/C21H30N4O6S2/c1-12(2)8-14-9-16(23-22-14)19(26)25-7-6-15-17(10-25)32-21(18(15)20(27)31-5)33(28,29)24-13(3)11-30-4/h9,12-13,24H,6-8,10-11H2,1-5H3,(H,22,23). The van der Waals surface area contributed by atoms with Crippen LogP contribution in [0.3, 0.4) is 0 Å². The van der Waals surface area contributed by atoms with Gasteiger partial charge in [-0.15, -0.1) is 11.3 Å². The van der Waals surface area contributed by atoms with E-state index in [1.165, 1.54) is 14.2 Å². The molecule has 1 amide bonds. The minimum absolute atomic E-state index is 0.0423. The predicted molar refractivity (Wildman–Crippen MR) is 123 cm³/mol. The van der Waals surface area contributed by atoms with Gasteiger partial charge in [0.15, 0.2) is 0 Å². The normalized spacial score (nSPS) is 14.9. The van der Waals surface area contributed by atoms with Crippen molar-refractivity contribution in [3.63, 3.8) is 0 Å². The van der Waals surface area contributed by atoms with Crippen molar-refractivity contribution in [3.05, 3.63) is 33.5 Å². The Balaban J connectivity index is 1.89. The van der Waals surface area contributed by atoms with E-state index in [0.717, 1.165) is 23.5 Å². The second kappa shape index (κ2) is 10.3. The molecule has 0 spiro atoms. The minimum Gasteiger partial charge on any atom is -0.465 e. The number of ether oxygens (including phenoxy) is 2. The Hall–Kier alpha value is -2.28. The molecule has 10 nitrogen and oxygen atoms in total. The number of nitrogens with one attached hydrogen (secondary N) is 2. The van der Waals surface area contributed by atoms with Gasteiger partial charge in [0.05, 0.1) is 25.8 Å². The highest BCUT2D eigenvalue weighted by Crippen LogP contribution is 2.37. The maximum atomic E-state index is 13.0. The average Bonchev–Trinajstić information content (AvgIpc) is 3.36. The Morgan fingerprint density at radius 3 is 2.67 bits per heavy atom. The van der Waals surface area contributed by atoms with Gasteiger partial charge in [0.2, 0.25) is 0 Å². The second-order valence-corrected chi connectivity index (χ2v) is 11.5. The molecular weight excluding hydrogens is 468 g/mol. The van der Waals surface area contributed by atoms with Gasteiger partial charge in [0.25, 0.3) is 15.9 Å². The summed E-state index contributed by atoms with van der Waals surface area (Å²) in [5.41, 5.74) is 1.86. The average molecular weight is 499 g/mol. The molecule has 2 aromatic rings. The van der Waals surface area contributed by atoms with Gasteiger partial charge in [-0.3, -0.25) is 9.89 Å². The highest BCUT2D eigenvalue weighted by atomic mass is 32.2. The molecule has 1 aliphatic heterocycles. The number of esters is 1. The molecule has 12 heteroatoms. The van der Waals surface area contributed by atoms with Gasteiger partial charge in [-0.2, -0.15) is 5.10 Å². The molecule has 1 aliphatic rings. The van der Waals surface area contributed by atoms with Gasteiger partial charge < -0.3 is 14.4 Å². The fourth-order valence-corrected chi connectivity index (χ4v) is 6.97. The number of aromatic nitrogens is 2. The third-order valence-corrected chi connectivity index (χ3v) is 8.52. The molecule has 0 aromatic carbocycles. The maximum Gasteiger partial charge on any atom is 0.340 e. The number of hydrogen-bond acceptors (Lipinski definition) is 8. The smallest absolute Gasteiger partial charge is 0.340 e. The van der Waals surface area contributed by atoms with Crippen LogP contribution < -0.4 is 4.72 Å². The zero-order valence-electron chi connectivity index (χ0n) is 19.4. The lowest BCUT2D eigenvalue weighted by Gasteiger charge is -2.26. The number of H-pyrrole nitrogens is 1. The Morgan fingerprint density at radius 1 is 1.30 bits per heavy atom. The lowest BCUT2D eigenvalue weighted by molar-refractivity contribution is 0.0595. The minimum atomic E-state index is -3.99. The van der Waals surface area contributed by atoms with Crippen molar-refractivity contribution in [2.45, 2.75) is 50.4 Å². The van der Waals surface area contributed by atoms with Gasteiger partial charge >= 0.3 is 5.97 Å². The van der Waals surface area contributed by atoms with Gasteiger partial charge in [0, 0.05) is 30.3 Å². The van der Waals surface area contributed by atoms with Crippen LogP contribution in [-0.4, -0.2) is 68.8 Å². The van der Waals surface area contributed by atoms with Crippen LogP contribution >= 0.6 is 11.3 Å². The molecule has 2 N–H and O–H groups in total. The van der Waals surface area contributed by atoms with Gasteiger partial charge in [-0.05, 0) is 37.3 Å². The first-order chi connectivity index (χ1) is 15.6. The zero-order valence-corrected chi connectivity index (χ0v) is 21.1. The number of carbonyl (C=O) groups is 2. The number of amides is 1. The molecule has 1 atom stereocenters. The molecule has 0 radical (unpaired) electrons. The molecule has 2 aromatic heterocycles. The van der Waals surface area contributed by atoms with E-state index in [1.54, 1.807) is 17.9 Å². The summed E-state index contributed by atoms with van der Waals surface area (Å²) in [7, 11) is -1.30. The van der Waals surface area contributed by atoms with E-state index < -0.39 is 22.0 Å². The summed E-state index contributed by atoms with van der Waals surface area (Å²) < 4.78 is 38.4. The summed E-state index contributed by atoms with van der Waals surface area (Å²) in [6, 6.07) is 1.27. The van der Waals surface area contributed by atoms with Crippen LogP contribution in [0, 0.1) is 5.92 Å². The van der Waals surface area contributed by atoms with Gasteiger partial charge in [0.1, 0.15) is 9.90 Å². The Labute approximate surface area is 197 Å². The number of methoxy groups -OCH3 is 2. The van der Waals surface area contributed by atoms with Gasteiger partial charge in [-0.1, -0.05) is 13.8 Å². The first kappa shape index (κ1) is 25.3. The summed E-state index contributed by atoms with van der Waals surface area (Å²) in [5, 5.41) is 7.06. The molecule has 0 bridgehead atoms. The highest BCUT2D eigenvalue weighted by molar-refractivity contribution is 7.91. The summed E-state index contributed by atoms with van der Waals surface area (Å²) in [5.74, 6) is -0.525. The van der Waals surface area contributed by atoms with E-state index in [0.29, 0.717) is 35.0 Å². The van der Waals surface area contributed by atoms with E-state index in [9.17, 15) is 18.0 Å². The van der Waals surface area contributed by atoms with Crippen LogP contribution in [0.4, 0.5) is 0 Å². The number of thiophene rings is 1. The SMILES string of the molecule is COCC(C)NS(=O)(=O)c1sc2c(c1C(=O)OC)CCN(C(=O)c1cc(CC(C)C)[nH]n1)C2. The zero-order chi connectivity index (χ0) is 24.3. The van der Waals surface area contributed by atoms with Crippen LogP contribution in [0.5, 0.6) is 0 Å². The van der Waals surface area contributed by atoms with Gasteiger partial charge in [-0.25, -0.2) is 17.9 Å². The van der Waals surface area contributed by atoms with Crippen molar-refractivity contribution >= 4 is 33.2 Å². The molecule has 33 heavy (non-hydrogen) atoms. The first-order valence-electron chi connectivity index (χ1n) is 10.6. The molecule has 3 heterocycles. The number of nitrogens with zero attached hydrogens (tertiary/aromatic N) is 2. The number of carbonyl (C=O) groups excluding carboxylic acids is 2. The number of rotatable bonds is 9. The third-order valence-electron chi connectivity index (χ3n) is 5.20. The first-order valence-corrected chi connectivity index (χ1v) is 12.9. The second-order valence-electron chi connectivity index (χ2n) is 8.49. The molecule has 1 unspecified atom stereocenters. The van der Waals surface area contributed by atoms with E-state index >= 15 is 0 Å². The van der Waals surface area contributed by atoms with Crippen LogP contribution in [0.2, 0.25) is 0 Å². The Bertz CT molecular complexity index is 1120. The van der Waals surface area contributed by atoms with Crippen molar-refractivity contribution in [1.82, 2.24) is 19.8 Å². The maximum absolute atomic E-state index is 13.0. The van der Waals surface area contributed by atoms with Crippen LogP contribution in [0.25, 0.3) is 0 Å². The van der Waals surface area contributed by atoms with E-state index in [1.807, 2.05) is 0 Å². The number of fused-ring (bicyclic) bond motifs is 1. The molecule has 0 saturated heterocycles. The van der Waals surface area contributed by atoms with Crippen LogP contribution in [0.15, 0.2) is 10.3 Å². The molecular formula is C21H30N4O6S2. The molecule has 3 rings (SSSR count). The number of aromatic amines is 1. The molecule has 0 aliphatic carbocycles. The molecule has 182 valence electrons. The fraction of sp³-hybridized carbons (Fsp3) is 0.571. The fourth-order valence-electron chi connectivity index (χ4n) is 3.83. The monoisotopic (exact) mass is 498 g/mol. The predicted octanol–water partition coefficient (Wildman–Crippen LogP) is 1.97. The number of sulfonamides is 1. The molecule has 0 saturated carbocycles. The topological polar surface area (TPSA) is 131 Å². The highest BCUT2D eigenvalue weighted by Gasteiger charge is 2.36. The van der Waals surface area contributed by atoms with E-state index in [-0.39, 0.29) is 28.8 Å². The summed E-state index contributed by atoms with van der Waals surface area (Å²) in [6.07, 6.45) is 1.13. The Morgan fingerprint density at radius 2 is 2.03 bits per heavy atom. The van der Waals surface area contributed by atoms with Crippen molar-refractivity contribution in [3.8, 4) is 0 Å². The quantitative estimate of drug-likeness (QED) is 0.505. The lowest BCUT2D eigenvalue weighted by atomic mass is 10.0. The van der Waals surface area contributed by atoms with E-state index in [2.05, 4.69) is 28.8 Å². The lowest BCUT2D eigenvalue weighted by Crippen LogP contribution is -2.36. The summed E-state index contributed by atoms with van der Waals surface area (Å²) in [6.45, 7) is 6.55. The molecule has 0 fully saturated rings. The number of hydrogen-bond donors (Lipinski definition) is 2. The largest absolute Gasteiger partial charge is 0.465 e. The summed E-state index contributed by atoms with van der Waals surface area (Å²) in [4.78, 5) is 27.8. The Kier molecular flexibility index (Phi) is 7.93. The van der Waals surface area contributed by atoms with Crippen molar-refractivity contribution in [2.75, 3.05) is 27.4 Å². The van der Waals surface area contributed by atoms with Crippen molar-refractivity contribution < 1.29 is 27.5 Å². The van der Waals surface area contributed by atoms with Crippen LogP contribution in [0.1, 0.15) is 57.8 Å². The van der Waals surface area contributed by atoms with Crippen molar-refractivity contribution in [2.24, 2.45) is 5.92 Å². The van der Waals surface area contributed by atoms with E-state index in [4.69, 9.17) is 9.47 Å². The third kappa shape index (κ3) is 5.62. The van der Waals surface area contributed by atoms with Crippen LogP contribution in [-0.2, 0) is 38.9 Å².